The van der Waals surface area contributed by atoms with E-state index >= 15 is 0 Å². The minimum absolute atomic E-state index is 0.00590. The van der Waals surface area contributed by atoms with Crippen molar-refractivity contribution in [3.63, 3.8) is 0 Å². The Morgan fingerprint density at radius 2 is 1.89 bits per heavy atom. The van der Waals surface area contributed by atoms with Crippen LogP contribution in [0.5, 0.6) is 5.75 Å². The molecule has 1 heterocycles. The normalized spacial score (nSPS) is 13.5. The van der Waals surface area contributed by atoms with Gasteiger partial charge in [0.25, 0.3) is 0 Å². The molecule has 0 aliphatic heterocycles. The van der Waals surface area contributed by atoms with E-state index in [0.717, 1.165) is 43.4 Å². The smallest absolute Gasteiger partial charge is 0.342 e. The molecule has 35 heavy (non-hydrogen) atoms. The first-order valence-corrected chi connectivity index (χ1v) is 12.5. The first-order chi connectivity index (χ1) is 16.9. The maximum absolute atomic E-state index is 13.1. The number of phenolic OH excluding ortho intramolecular Hbond substituents is 1. The SMILES string of the molecule is CCC(CC)C(=O)Nc1ccc(-c2cc(C3CCC3)n(C(=O)NCc3ccccc3Cl)n2)c(O)c1. The summed E-state index contributed by atoms with van der Waals surface area (Å²) >= 11 is 6.22. The lowest BCUT2D eigenvalue weighted by atomic mass is 9.82. The summed E-state index contributed by atoms with van der Waals surface area (Å²) in [6.07, 6.45) is 4.62. The highest BCUT2D eigenvalue weighted by Gasteiger charge is 2.27. The Morgan fingerprint density at radius 3 is 2.51 bits per heavy atom. The van der Waals surface area contributed by atoms with Crippen molar-refractivity contribution in [2.75, 3.05) is 5.32 Å². The van der Waals surface area contributed by atoms with E-state index in [1.807, 2.05) is 38.1 Å². The molecule has 0 radical (unpaired) electrons. The fourth-order valence-electron chi connectivity index (χ4n) is 4.30. The Morgan fingerprint density at radius 1 is 1.14 bits per heavy atom. The summed E-state index contributed by atoms with van der Waals surface area (Å²) in [5, 5.41) is 21.6. The van der Waals surface area contributed by atoms with E-state index in [2.05, 4.69) is 15.7 Å². The molecule has 1 aromatic heterocycles. The number of benzene rings is 2. The third kappa shape index (κ3) is 5.51. The number of anilines is 1. The standard InChI is InChI=1S/C27H31ClN4O3/c1-3-17(4-2)26(34)30-20-12-13-21(25(33)14-20)23-15-24(18-9-7-10-18)32(31-23)27(35)29-16-19-8-5-6-11-22(19)28/h5-6,8,11-15,17-18,33H,3-4,7,9-10,16H2,1-2H3,(H,29,35)(H,30,34). The molecule has 0 bridgehead atoms. The van der Waals surface area contributed by atoms with E-state index < -0.39 is 0 Å². The molecule has 0 spiro atoms. The topological polar surface area (TPSA) is 96.3 Å². The number of hydrogen-bond donors (Lipinski definition) is 3. The van der Waals surface area contributed by atoms with Crippen molar-refractivity contribution in [2.24, 2.45) is 5.92 Å². The maximum atomic E-state index is 13.1. The summed E-state index contributed by atoms with van der Waals surface area (Å²) in [6.45, 7) is 4.25. The van der Waals surface area contributed by atoms with Gasteiger partial charge in [-0.15, -0.1) is 0 Å². The Kier molecular flexibility index (Phi) is 7.76. The van der Waals surface area contributed by atoms with Gasteiger partial charge in [0.1, 0.15) is 5.75 Å². The van der Waals surface area contributed by atoms with Crippen LogP contribution < -0.4 is 10.6 Å². The number of aromatic nitrogens is 2. The van der Waals surface area contributed by atoms with E-state index in [1.165, 1.54) is 10.7 Å². The zero-order chi connectivity index (χ0) is 24.9. The van der Waals surface area contributed by atoms with E-state index in [9.17, 15) is 14.7 Å². The molecule has 3 aromatic rings. The fourth-order valence-corrected chi connectivity index (χ4v) is 4.50. The van der Waals surface area contributed by atoms with Crippen molar-refractivity contribution in [2.45, 2.75) is 58.4 Å². The molecule has 1 fully saturated rings. The molecule has 1 saturated carbocycles. The quantitative estimate of drug-likeness (QED) is 0.342. The second-order valence-corrected chi connectivity index (χ2v) is 9.39. The first kappa shape index (κ1) is 24.8. The van der Waals surface area contributed by atoms with Crippen LogP contribution >= 0.6 is 11.6 Å². The molecular weight excluding hydrogens is 464 g/mol. The molecule has 4 rings (SSSR count). The largest absolute Gasteiger partial charge is 0.507 e. The van der Waals surface area contributed by atoms with Gasteiger partial charge in [-0.2, -0.15) is 9.78 Å². The number of aromatic hydroxyl groups is 1. The summed E-state index contributed by atoms with van der Waals surface area (Å²) in [4.78, 5) is 25.5. The number of halogens is 1. The molecule has 3 N–H and O–H groups in total. The van der Waals surface area contributed by atoms with Crippen molar-refractivity contribution in [1.82, 2.24) is 15.1 Å². The van der Waals surface area contributed by atoms with Gasteiger partial charge in [-0.25, -0.2) is 4.79 Å². The van der Waals surface area contributed by atoms with Crippen molar-refractivity contribution < 1.29 is 14.7 Å². The zero-order valence-electron chi connectivity index (χ0n) is 20.1. The van der Waals surface area contributed by atoms with Gasteiger partial charge in [0.2, 0.25) is 5.91 Å². The van der Waals surface area contributed by atoms with Crippen LogP contribution in [-0.4, -0.2) is 26.8 Å². The van der Waals surface area contributed by atoms with Crippen LogP contribution in [0.3, 0.4) is 0 Å². The minimum Gasteiger partial charge on any atom is -0.507 e. The lowest BCUT2D eigenvalue weighted by Crippen LogP contribution is -2.31. The zero-order valence-corrected chi connectivity index (χ0v) is 20.8. The van der Waals surface area contributed by atoms with Gasteiger partial charge in [-0.05, 0) is 55.5 Å². The summed E-state index contributed by atoms with van der Waals surface area (Å²) in [7, 11) is 0. The second kappa shape index (κ2) is 11.0. The highest BCUT2D eigenvalue weighted by Crippen LogP contribution is 2.39. The van der Waals surface area contributed by atoms with Gasteiger partial charge in [-0.1, -0.05) is 50.1 Å². The third-order valence-corrected chi connectivity index (χ3v) is 7.11. The molecule has 8 heteroatoms. The average molecular weight is 495 g/mol. The Bertz CT molecular complexity index is 1210. The fraction of sp³-hybridized carbons (Fsp3) is 0.370. The molecule has 184 valence electrons. The van der Waals surface area contributed by atoms with Crippen LogP contribution in [0.25, 0.3) is 11.3 Å². The van der Waals surface area contributed by atoms with Gasteiger partial charge >= 0.3 is 6.03 Å². The van der Waals surface area contributed by atoms with Gasteiger partial charge < -0.3 is 15.7 Å². The predicted molar refractivity (Wildman–Crippen MR) is 138 cm³/mol. The van der Waals surface area contributed by atoms with Crippen LogP contribution in [0.1, 0.15) is 63.1 Å². The number of carbonyl (C=O) groups excluding carboxylic acids is 2. The highest BCUT2D eigenvalue weighted by atomic mass is 35.5. The second-order valence-electron chi connectivity index (χ2n) is 8.98. The number of rotatable bonds is 8. The van der Waals surface area contributed by atoms with Gasteiger partial charge in [0.05, 0.1) is 11.4 Å². The van der Waals surface area contributed by atoms with Crippen molar-refractivity contribution >= 4 is 29.2 Å². The number of hydrogen-bond acceptors (Lipinski definition) is 4. The molecular formula is C27H31ClN4O3. The third-order valence-electron chi connectivity index (χ3n) is 6.74. The first-order valence-electron chi connectivity index (χ1n) is 12.2. The number of carbonyl (C=O) groups is 2. The Hall–Kier alpha value is -3.32. The van der Waals surface area contributed by atoms with Crippen LogP contribution in [0.15, 0.2) is 48.5 Å². The maximum Gasteiger partial charge on any atom is 0.342 e. The number of phenols is 1. The monoisotopic (exact) mass is 494 g/mol. The molecule has 0 unspecified atom stereocenters. The summed E-state index contributed by atoms with van der Waals surface area (Å²) in [6, 6.07) is 13.9. The van der Waals surface area contributed by atoms with Crippen LogP contribution in [0, 0.1) is 5.92 Å². The van der Waals surface area contributed by atoms with Gasteiger partial charge in [0, 0.05) is 40.7 Å². The molecule has 1 aliphatic carbocycles. The molecule has 2 amide bonds. The van der Waals surface area contributed by atoms with Crippen LogP contribution in [0.2, 0.25) is 5.02 Å². The lowest BCUT2D eigenvalue weighted by Gasteiger charge is -2.25. The Labute approximate surface area is 210 Å². The number of nitrogens with one attached hydrogen (secondary N) is 2. The predicted octanol–water partition coefficient (Wildman–Crippen LogP) is 6.31. The van der Waals surface area contributed by atoms with Crippen molar-refractivity contribution in [3.8, 4) is 17.0 Å². The molecule has 0 atom stereocenters. The summed E-state index contributed by atoms with van der Waals surface area (Å²) in [5.74, 6) is 0.118. The van der Waals surface area contributed by atoms with E-state index in [1.54, 1.807) is 18.2 Å². The van der Waals surface area contributed by atoms with Crippen molar-refractivity contribution in [1.29, 1.82) is 0 Å². The molecule has 7 nitrogen and oxygen atoms in total. The number of nitrogens with zero attached hydrogens (tertiary/aromatic N) is 2. The minimum atomic E-state index is -0.341. The molecule has 1 aliphatic rings. The lowest BCUT2D eigenvalue weighted by molar-refractivity contribution is -0.120. The molecule has 2 aromatic carbocycles. The molecule has 0 saturated heterocycles. The van der Waals surface area contributed by atoms with E-state index in [4.69, 9.17) is 11.6 Å². The van der Waals surface area contributed by atoms with Gasteiger partial charge in [-0.3, -0.25) is 4.79 Å². The van der Waals surface area contributed by atoms with Crippen LogP contribution in [0.4, 0.5) is 10.5 Å². The van der Waals surface area contributed by atoms with E-state index in [-0.39, 0.29) is 36.1 Å². The highest BCUT2D eigenvalue weighted by molar-refractivity contribution is 6.31. The summed E-state index contributed by atoms with van der Waals surface area (Å²) < 4.78 is 1.40. The summed E-state index contributed by atoms with van der Waals surface area (Å²) in [5.41, 5.74) is 3.19. The van der Waals surface area contributed by atoms with Crippen LogP contribution in [-0.2, 0) is 11.3 Å². The van der Waals surface area contributed by atoms with Gasteiger partial charge in [0.15, 0.2) is 0 Å². The van der Waals surface area contributed by atoms with Crippen molar-refractivity contribution in [3.05, 3.63) is 64.8 Å². The van der Waals surface area contributed by atoms with E-state index in [0.29, 0.717) is 22.0 Å². The number of amides is 2. The Balaban J connectivity index is 1.56. The average Bonchev–Trinajstić information content (AvgIpc) is 3.22.